The van der Waals surface area contributed by atoms with Gasteiger partial charge in [-0.3, -0.25) is 8.98 Å². The van der Waals surface area contributed by atoms with Gasteiger partial charge in [0, 0.05) is 23.6 Å². The normalized spacial score (nSPS) is 14.6. The summed E-state index contributed by atoms with van der Waals surface area (Å²) in [7, 11) is -2.37. The van der Waals surface area contributed by atoms with Gasteiger partial charge in [0.05, 0.1) is 30.3 Å². The van der Waals surface area contributed by atoms with Gasteiger partial charge in [-0.1, -0.05) is 12.1 Å². The average molecular weight is 537 g/mol. The van der Waals surface area contributed by atoms with E-state index in [0.717, 1.165) is 24.8 Å². The van der Waals surface area contributed by atoms with Crippen molar-refractivity contribution in [1.82, 2.24) is 19.6 Å². The molecule has 1 aliphatic carbocycles. The highest BCUT2D eigenvalue weighted by Gasteiger charge is 2.27. The summed E-state index contributed by atoms with van der Waals surface area (Å²) in [6.07, 6.45) is 6.90. The third-order valence-corrected chi connectivity index (χ3v) is 7.86. The topological polar surface area (TPSA) is 137 Å². The number of hydrogen-bond donors (Lipinski definition) is 2. The molecule has 1 aromatic carbocycles. The first-order valence-electron chi connectivity index (χ1n) is 12.2. The molecule has 1 fully saturated rings. The molecule has 1 amide bonds. The third kappa shape index (κ3) is 5.18. The molecule has 4 aromatic rings. The monoisotopic (exact) mass is 536 g/mol. The van der Waals surface area contributed by atoms with E-state index >= 15 is 0 Å². The summed E-state index contributed by atoms with van der Waals surface area (Å²) in [5, 5.41) is 10.3. The molecule has 0 aliphatic heterocycles. The van der Waals surface area contributed by atoms with E-state index in [-0.39, 0.29) is 22.6 Å². The van der Waals surface area contributed by atoms with Gasteiger partial charge in [-0.2, -0.15) is 13.5 Å². The van der Waals surface area contributed by atoms with Crippen LogP contribution in [0, 0.1) is 6.92 Å². The minimum absolute atomic E-state index is 0.00501. The average Bonchev–Trinajstić information content (AvgIpc) is 3.31. The van der Waals surface area contributed by atoms with Crippen LogP contribution in [-0.2, 0) is 14.3 Å². The van der Waals surface area contributed by atoms with Crippen LogP contribution in [0.15, 0.2) is 59.9 Å². The minimum Gasteiger partial charge on any atom is -0.481 e. The number of amides is 1. The lowest BCUT2D eigenvalue weighted by Crippen LogP contribution is -2.25. The van der Waals surface area contributed by atoms with E-state index < -0.39 is 16.0 Å². The SMILES string of the molecule is COc1ncccc1[C@@H](C)Nc1ccn2ncc(C(=O)Nc3cc(S(=O)(=O)OC4CCC4)ccc3C)c2n1. The van der Waals surface area contributed by atoms with Gasteiger partial charge in [0.15, 0.2) is 5.65 Å². The van der Waals surface area contributed by atoms with E-state index in [0.29, 0.717) is 28.6 Å². The smallest absolute Gasteiger partial charge is 0.297 e. The zero-order valence-electron chi connectivity index (χ0n) is 21.2. The van der Waals surface area contributed by atoms with Crippen LogP contribution in [0.4, 0.5) is 11.5 Å². The van der Waals surface area contributed by atoms with E-state index in [9.17, 15) is 13.2 Å². The lowest BCUT2D eigenvalue weighted by Gasteiger charge is -2.24. The van der Waals surface area contributed by atoms with E-state index in [1.807, 2.05) is 19.1 Å². The van der Waals surface area contributed by atoms with E-state index in [2.05, 4.69) is 25.7 Å². The number of aryl methyl sites for hydroxylation is 1. The first kappa shape index (κ1) is 25.6. The number of fused-ring (bicyclic) bond motifs is 1. The number of methoxy groups -OCH3 is 1. The highest BCUT2D eigenvalue weighted by Crippen LogP contribution is 2.29. The fourth-order valence-electron chi connectivity index (χ4n) is 4.10. The van der Waals surface area contributed by atoms with Gasteiger partial charge in [-0.15, -0.1) is 0 Å². The number of benzene rings is 1. The summed E-state index contributed by atoms with van der Waals surface area (Å²) >= 11 is 0. The molecular formula is C26H28N6O5S. The molecule has 3 aromatic heterocycles. The Morgan fingerprint density at radius 1 is 1.21 bits per heavy atom. The predicted molar refractivity (Wildman–Crippen MR) is 141 cm³/mol. The molecule has 0 unspecified atom stereocenters. The zero-order valence-corrected chi connectivity index (χ0v) is 22.0. The molecule has 1 saturated carbocycles. The first-order valence-corrected chi connectivity index (χ1v) is 13.6. The van der Waals surface area contributed by atoms with Crippen molar-refractivity contribution in [2.24, 2.45) is 0 Å². The molecule has 2 N–H and O–H groups in total. The van der Waals surface area contributed by atoms with Crippen molar-refractivity contribution in [2.75, 3.05) is 17.7 Å². The Labute approximate surface area is 220 Å². The summed E-state index contributed by atoms with van der Waals surface area (Å²) in [6.45, 7) is 3.73. The number of nitrogens with zero attached hydrogens (tertiary/aromatic N) is 4. The Hall–Kier alpha value is -4.03. The molecule has 198 valence electrons. The minimum atomic E-state index is -3.93. The van der Waals surface area contributed by atoms with Crippen molar-refractivity contribution in [3.63, 3.8) is 0 Å². The van der Waals surface area contributed by atoms with Crippen molar-refractivity contribution in [1.29, 1.82) is 0 Å². The fraction of sp³-hybridized carbons (Fsp3) is 0.308. The molecule has 1 aliphatic rings. The maximum Gasteiger partial charge on any atom is 0.297 e. The van der Waals surface area contributed by atoms with Gasteiger partial charge in [-0.05, 0) is 62.9 Å². The number of nitrogens with one attached hydrogen (secondary N) is 2. The van der Waals surface area contributed by atoms with Gasteiger partial charge in [-0.25, -0.2) is 14.5 Å². The largest absolute Gasteiger partial charge is 0.481 e. The number of anilines is 2. The molecule has 38 heavy (non-hydrogen) atoms. The molecule has 5 rings (SSSR count). The third-order valence-electron chi connectivity index (χ3n) is 6.50. The van der Waals surface area contributed by atoms with Gasteiger partial charge in [0.1, 0.15) is 11.4 Å². The second kappa shape index (κ2) is 10.4. The number of carbonyl (C=O) groups is 1. The maximum atomic E-state index is 13.2. The van der Waals surface area contributed by atoms with E-state index in [4.69, 9.17) is 8.92 Å². The number of hydrogen-bond acceptors (Lipinski definition) is 9. The second-order valence-electron chi connectivity index (χ2n) is 9.14. The Balaban J connectivity index is 1.37. The standard InChI is InChI=1S/C26H28N6O5S/c1-16-9-10-19(38(34,35)37-18-6-4-7-18)14-22(16)30-25(33)21-15-28-32-13-11-23(31-24(21)32)29-17(2)20-8-5-12-27-26(20)36-3/h5,8-15,17-18H,4,6-7H2,1-3H3,(H,29,31)(H,30,33)/t17-/m1/s1. The Morgan fingerprint density at radius 2 is 2.03 bits per heavy atom. The highest BCUT2D eigenvalue weighted by atomic mass is 32.2. The van der Waals surface area contributed by atoms with Gasteiger partial charge < -0.3 is 15.4 Å². The summed E-state index contributed by atoms with van der Waals surface area (Å²) in [6, 6.07) is 9.84. The van der Waals surface area contributed by atoms with Crippen LogP contribution in [0.2, 0.25) is 0 Å². The molecular weight excluding hydrogens is 508 g/mol. The zero-order chi connectivity index (χ0) is 26.9. The molecule has 0 radical (unpaired) electrons. The molecule has 1 atom stereocenters. The summed E-state index contributed by atoms with van der Waals surface area (Å²) in [5.74, 6) is 0.572. The fourth-order valence-corrected chi connectivity index (χ4v) is 5.25. The summed E-state index contributed by atoms with van der Waals surface area (Å²) in [4.78, 5) is 22.1. The molecule has 0 spiro atoms. The van der Waals surface area contributed by atoms with Crippen LogP contribution in [0.5, 0.6) is 5.88 Å². The van der Waals surface area contributed by atoms with Crippen molar-refractivity contribution < 1.29 is 22.1 Å². The summed E-state index contributed by atoms with van der Waals surface area (Å²) in [5.41, 5.74) is 2.49. The number of ether oxygens (including phenoxy) is 1. The number of rotatable bonds is 9. The van der Waals surface area contributed by atoms with Gasteiger partial charge >= 0.3 is 0 Å². The van der Waals surface area contributed by atoms with Crippen molar-refractivity contribution >= 4 is 33.2 Å². The van der Waals surface area contributed by atoms with Crippen LogP contribution in [0.3, 0.4) is 0 Å². The van der Waals surface area contributed by atoms with Crippen LogP contribution >= 0.6 is 0 Å². The molecule has 0 saturated heterocycles. The van der Waals surface area contributed by atoms with Crippen molar-refractivity contribution in [3.8, 4) is 5.88 Å². The Bertz CT molecular complexity index is 1600. The highest BCUT2D eigenvalue weighted by molar-refractivity contribution is 7.86. The van der Waals surface area contributed by atoms with E-state index in [1.54, 1.807) is 38.6 Å². The quantitative estimate of drug-likeness (QED) is 0.303. The number of pyridine rings is 1. The molecule has 3 heterocycles. The van der Waals surface area contributed by atoms with Crippen LogP contribution in [0.25, 0.3) is 5.65 Å². The predicted octanol–water partition coefficient (Wildman–Crippen LogP) is 4.12. The maximum absolute atomic E-state index is 13.2. The van der Waals surface area contributed by atoms with Gasteiger partial charge in [0.2, 0.25) is 5.88 Å². The number of carbonyl (C=O) groups excluding carboxylic acids is 1. The van der Waals surface area contributed by atoms with Crippen molar-refractivity contribution in [3.05, 3.63) is 71.7 Å². The molecule has 11 nitrogen and oxygen atoms in total. The lowest BCUT2D eigenvalue weighted by atomic mass is 9.97. The van der Waals surface area contributed by atoms with Crippen molar-refractivity contribution in [2.45, 2.75) is 50.2 Å². The molecule has 0 bridgehead atoms. The molecule has 12 heteroatoms. The summed E-state index contributed by atoms with van der Waals surface area (Å²) < 4.78 is 37.5. The second-order valence-corrected chi connectivity index (χ2v) is 10.7. The Kier molecular flexibility index (Phi) is 7.00. The Morgan fingerprint density at radius 3 is 2.76 bits per heavy atom. The van der Waals surface area contributed by atoms with Crippen LogP contribution in [0.1, 0.15) is 53.7 Å². The van der Waals surface area contributed by atoms with Crippen LogP contribution in [-0.4, -0.2) is 47.1 Å². The first-order chi connectivity index (χ1) is 18.2. The number of aromatic nitrogens is 4. The van der Waals surface area contributed by atoms with E-state index in [1.165, 1.54) is 22.8 Å². The van der Waals surface area contributed by atoms with Crippen LogP contribution < -0.4 is 15.4 Å². The van der Waals surface area contributed by atoms with Gasteiger partial charge in [0.25, 0.3) is 16.0 Å². The lowest BCUT2D eigenvalue weighted by molar-refractivity contribution is 0.102.